The first kappa shape index (κ1) is 8.73. The van der Waals surface area contributed by atoms with Crippen molar-refractivity contribution in [1.82, 2.24) is 5.32 Å². The van der Waals surface area contributed by atoms with Gasteiger partial charge in [-0.1, -0.05) is 0 Å². The Kier molecular flexibility index (Phi) is 2.34. The molecule has 0 bridgehead atoms. The normalized spacial score (nSPS) is 28.2. The number of amides is 1. The Morgan fingerprint density at radius 3 is 2.55 bits per heavy atom. The van der Waals surface area contributed by atoms with Gasteiger partial charge in [-0.25, -0.2) is 8.42 Å². The van der Waals surface area contributed by atoms with E-state index in [1.54, 1.807) is 0 Å². The van der Waals surface area contributed by atoms with Crippen molar-refractivity contribution in [2.24, 2.45) is 0 Å². The van der Waals surface area contributed by atoms with Gasteiger partial charge in [-0.05, 0) is 6.42 Å². The van der Waals surface area contributed by atoms with Crippen LogP contribution in [-0.2, 0) is 22.5 Å². The summed E-state index contributed by atoms with van der Waals surface area (Å²) in [7, 11) is -2.90. The lowest BCUT2D eigenvalue weighted by atomic mass is 10.3. The second-order valence-corrected chi connectivity index (χ2v) is 5.13. The quantitative estimate of drug-likeness (QED) is 0.568. The van der Waals surface area contributed by atoms with Crippen LogP contribution in [0.15, 0.2) is 0 Å². The van der Waals surface area contributed by atoms with E-state index in [4.69, 9.17) is 0 Å². The standard InChI is InChI=1S/C5H9NO3S2/c7-5(10)6-4-1-2-11(8,9)3-4/h4H,1-3H2,(H2,6,7,10)/p-1/t4-/m1/s1. The molecule has 0 aromatic heterocycles. The molecule has 1 saturated heterocycles. The number of nitrogens with one attached hydrogen (secondary N) is 1. The lowest BCUT2D eigenvalue weighted by Gasteiger charge is -2.12. The van der Waals surface area contributed by atoms with Crippen LogP contribution >= 0.6 is 0 Å². The van der Waals surface area contributed by atoms with Crippen molar-refractivity contribution in [3.63, 3.8) is 0 Å². The van der Waals surface area contributed by atoms with E-state index in [9.17, 15) is 13.2 Å². The number of carbonyl (C=O) groups excluding carboxylic acids is 1. The van der Waals surface area contributed by atoms with Crippen molar-refractivity contribution in [3.8, 4) is 0 Å². The zero-order valence-corrected chi connectivity index (χ0v) is 7.37. The average Bonchev–Trinajstić information content (AvgIpc) is 2.08. The summed E-state index contributed by atoms with van der Waals surface area (Å²) in [6.07, 6.45) is 0.491. The average molecular weight is 194 g/mol. The van der Waals surface area contributed by atoms with Crippen LogP contribution in [0, 0.1) is 0 Å². The number of hydrogen-bond acceptors (Lipinski definition) is 4. The van der Waals surface area contributed by atoms with E-state index in [2.05, 4.69) is 17.9 Å². The van der Waals surface area contributed by atoms with Gasteiger partial charge in [-0.15, -0.1) is 0 Å². The maximum atomic E-state index is 10.8. The molecule has 0 radical (unpaired) electrons. The fraction of sp³-hybridized carbons (Fsp3) is 0.800. The van der Waals surface area contributed by atoms with Gasteiger partial charge in [0, 0.05) is 6.04 Å². The molecular formula is C5H8NO3S2-. The van der Waals surface area contributed by atoms with Crippen molar-refractivity contribution in [2.45, 2.75) is 12.5 Å². The number of rotatable bonds is 1. The third-order valence-electron chi connectivity index (χ3n) is 1.55. The highest BCUT2D eigenvalue weighted by atomic mass is 32.2. The van der Waals surface area contributed by atoms with Gasteiger partial charge in [0.2, 0.25) is 0 Å². The van der Waals surface area contributed by atoms with E-state index < -0.39 is 15.1 Å². The van der Waals surface area contributed by atoms with Gasteiger partial charge >= 0.3 is 0 Å². The van der Waals surface area contributed by atoms with Crippen LogP contribution < -0.4 is 5.32 Å². The molecule has 0 saturated carbocycles. The topological polar surface area (TPSA) is 63.2 Å². The van der Waals surface area contributed by atoms with E-state index in [-0.39, 0.29) is 17.5 Å². The molecule has 1 fully saturated rings. The molecule has 0 aliphatic carbocycles. The zero-order valence-electron chi connectivity index (χ0n) is 5.74. The summed E-state index contributed by atoms with van der Waals surface area (Å²) in [5.74, 6) is 0.197. The predicted octanol–water partition coefficient (Wildman–Crippen LogP) is -0.570. The summed E-state index contributed by atoms with van der Waals surface area (Å²) < 4.78 is 21.7. The largest absolute Gasteiger partial charge is 0.719 e. The second-order valence-electron chi connectivity index (χ2n) is 2.53. The Labute approximate surface area is 70.7 Å². The van der Waals surface area contributed by atoms with Crippen molar-refractivity contribution in [3.05, 3.63) is 0 Å². The van der Waals surface area contributed by atoms with Gasteiger partial charge in [0.1, 0.15) is 0 Å². The van der Waals surface area contributed by atoms with Crippen molar-refractivity contribution in [1.29, 1.82) is 0 Å². The van der Waals surface area contributed by atoms with E-state index in [0.717, 1.165) is 0 Å². The fourth-order valence-corrected chi connectivity index (χ4v) is 2.92. The Morgan fingerprint density at radius 2 is 2.18 bits per heavy atom. The second kappa shape index (κ2) is 2.94. The minimum Gasteiger partial charge on any atom is -0.719 e. The third-order valence-corrected chi connectivity index (χ3v) is 3.44. The number of sulfone groups is 1. The molecule has 1 heterocycles. The van der Waals surface area contributed by atoms with E-state index in [0.29, 0.717) is 6.42 Å². The summed E-state index contributed by atoms with van der Waals surface area (Å²) in [4.78, 5) is 10.3. The van der Waals surface area contributed by atoms with Crippen LogP contribution in [0.3, 0.4) is 0 Å². The summed E-state index contributed by atoms with van der Waals surface area (Å²) in [6, 6.07) is -0.259. The molecule has 6 heteroatoms. The first-order valence-electron chi connectivity index (χ1n) is 3.17. The van der Waals surface area contributed by atoms with Gasteiger partial charge in [0.25, 0.3) is 0 Å². The van der Waals surface area contributed by atoms with Crippen LogP contribution in [0.25, 0.3) is 0 Å². The minimum atomic E-state index is -2.90. The molecule has 1 aliphatic heterocycles. The molecular weight excluding hydrogens is 186 g/mol. The Morgan fingerprint density at radius 1 is 1.55 bits per heavy atom. The van der Waals surface area contributed by atoms with E-state index >= 15 is 0 Å². The van der Waals surface area contributed by atoms with Gasteiger partial charge < -0.3 is 22.7 Å². The number of carbonyl (C=O) groups is 1. The lowest BCUT2D eigenvalue weighted by Crippen LogP contribution is -2.33. The maximum absolute atomic E-state index is 10.8. The smallest absolute Gasteiger partial charge is 0.152 e. The molecule has 0 unspecified atom stereocenters. The zero-order chi connectivity index (χ0) is 8.48. The Bertz CT molecular complexity index is 259. The van der Waals surface area contributed by atoms with E-state index in [1.807, 2.05) is 0 Å². The molecule has 1 rings (SSSR count). The van der Waals surface area contributed by atoms with Crippen LogP contribution in [0.4, 0.5) is 4.79 Å². The van der Waals surface area contributed by atoms with Gasteiger partial charge in [0.05, 0.1) is 16.7 Å². The summed E-state index contributed by atoms with van der Waals surface area (Å²) in [6.45, 7) is 0. The highest BCUT2D eigenvalue weighted by Crippen LogP contribution is 2.10. The molecule has 4 nitrogen and oxygen atoms in total. The van der Waals surface area contributed by atoms with Crippen molar-refractivity contribution in [2.75, 3.05) is 11.5 Å². The predicted molar refractivity (Wildman–Crippen MR) is 43.0 cm³/mol. The molecule has 1 aliphatic rings. The highest BCUT2D eigenvalue weighted by Gasteiger charge is 2.27. The first-order valence-corrected chi connectivity index (χ1v) is 5.40. The molecule has 0 aromatic carbocycles. The van der Waals surface area contributed by atoms with Crippen molar-refractivity contribution >= 4 is 27.7 Å². The van der Waals surface area contributed by atoms with Crippen LogP contribution in [0.2, 0.25) is 0 Å². The lowest BCUT2D eigenvalue weighted by molar-refractivity contribution is 0.258. The van der Waals surface area contributed by atoms with Crippen molar-refractivity contribution < 1.29 is 13.2 Å². The SMILES string of the molecule is O=C([S-])N[C@@H]1CCS(=O)(=O)C1. The maximum Gasteiger partial charge on any atom is 0.152 e. The fourth-order valence-electron chi connectivity index (χ4n) is 1.08. The molecule has 0 aromatic rings. The summed E-state index contributed by atoms with van der Waals surface area (Å²) >= 11 is 4.25. The molecule has 11 heavy (non-hydrogen) atoms. The Balaban J connectivity index is 2.49. The van der Waals surface area contributed by atoms with Crippen LogP contribution in [-0.4, -0.2) is 31.2 Å². The van der Waals surface area contributed by atoms with E-state index in [1.165, 1.54) is 0 Å². The van der Waals surface area contributed by atoms with Gasteiger partial charge in [-0.3, -0.25) is 0 Å². The van der Waals surface area contributed by atoms with Gasteiger partial charge in [-0.2, -0.15) is 0 Å². The molecule has 1 N–H and O–H groups in total. The third kappa shape index (κ3) is 2.63. The molecule has 1 atom stereocenters. The first-order chi connectivity index (χ1) is 4.99. The van der Waals surface area contributed by atoms with Crippen LogP contribution in [0.1, 0.15) is 6.42 Å². The molecule has 0 spiro atoms. The monoisotopic (exact) mass is 194 g/mol. The summed E-state index contributed by atoms with van der Waals surface area (Å²) in [5, 5.41) is 1.82. The summed E-state index contributed by atoms with van der Waals surface area (Å²) in [5.41, 5.74) is 0. The molecule has 64 valence electrons. The molecule has 1 amide bonds. The minimum absolute atomic E-state index is 0.0371. The highest BCUT2D eigenvalue weighted by molar-refractivity contribution is 7.91. The van der Waals surface area contributed by atoms with Gasteiger partial charge in [0.15, 0.2) is 9.84 Å². The van der Waals surface area contributed by atoms with Crippen LogP contribution in [0.5, 0.6) is 0 Å². The number of hydrogen-bond donors (Lipinski definition) is 1. The Hall–Kier alpha value is -0.360.